The largest absolute Gasteiger partial charge is 0.482 e. The molecule has 0 saturated heterocycles. The van der Waals surface area contributed by atoms with Gasteiger partial charge in [-0.1, -0.05) is 22.0 Å². The molecule has 0 unspecified atom stereocenters. The van der Waals surface area contributed by atoms with Crippen LogP contribution in [0.1, 0.15) is 10.4 Å². The summed E-state index contributed by atoms with van der Waals surface area (Å²) >= 11 is 4.69. The molecule has 1 aliphatic heterocycles. The van der Waals surface area contributed by atoms with Gasteiger partial charge in [0, 0.05) is 21.0 Å². The lowest BCUT2D eigenvalue weighted by atomic mass is 10.1. The second-order valence-electron chi connectivity index (χ2n) is 5.55. The fraction of sp³-hybridized carbons (Fsp3) is 0.0556. The van der Waals surface area contributed by atoms with Crippen molar-refractivity contribution in [3.05, 3.63) is 57.9 Å². The van der Waals surface area contributed by atoms with E-state index in [-0.39, 0.29) is 18.4 Å². The molecule has 0 radical (unpaired) electrons. The molecule has 6 nitrogen and oxygen atoms in total. The van der Waals surface area contributed by atoms with Crippen LogP contribution >= 0.6 is 27.3 Å². The number of halogens is 1. The number of hydrogen-bond donors (Lipinski definition) is 2. The van der Waals surface area contributed by atoms with Gasteiger partial charge in [0.25, 0.3) is 11.8 Å². The summed E-state index contributed by atoms with van der Waals surface area (Å²) < 4.78 is 6.19. The Balaban J connectivity index is 1.54. The first kappa shape index (κ1) is 16.7. The molecule has 1 aromatic heterocycles. The van der Waals surface area contributed by atoms with Crippen LogP contribution in [0.3, 0.4) is 0 Å². The molecule has 0 aliphatic carbocycles. The number of fused-ring (bicyclic) bond motifs is 1. The molecular formula is C18H12BrN3O3S. The van der Waals surface area contributed by atoms with Crippen molar-refractivity contribution in [3.63, 3.8) is 0 Å². The number of ether oxygens (including phenoxy) is 1. The maximum Gasteiger partial charge on any atom is 0.262 e. The van der Waals surface area contributed by atoms with E-state index in [0.717, 1.165) is 10.0 Å². The van der Waals surface area contributed by atoms with E-state index in [4.69, 9.17) is 4.74 Å². The van der Waals surface area contributed by atoms with Crippen LogP contribution in [0.2, 0.25) is 0 Å². The van der Waals surface area contributed by atoms with Crippen LogP contribution < -0.4 is 15.4 Å². The van der Waals surface area contributed by atoms with Gasteiger partial charge in [-0.25, -0.2) is 4.98 Å². The first-order valence-corrected chi connectivity index (χ1v) is 9.35. The van der Waals surface area contributed by atoms with Crippen molar-refractivity contribution in [2.24, 2.45) is 0 Å². The van der Waals surface area contributed by atoms with E-state index in [9.17, 15) is 9.59 Å². The lowest BCUT2D eigenvalue weighted by Gasteiger charge is -2.18. The van der Waals surface area contributed by atoms with Crippen LogP contribution in [0.25, 0.3) is 11.3 Å². The van der Waals surface area contributed by atoms with E-state index < -0.39 is 0 Å². The van der Waals surface area contributed by atoms with Gasteiger partial charge >= 0.3 is 0 Å². The summed E-state index contributed by atoms with van der Waals surface area (Å²) in [4.78, 5) is 28.2. The number of rotatable bonds is 3. The van der Waals surface area contributed by atoms with Gasteiger partial charge in [-0.3, -0.25) is 14.9 Å². The number of anilines is 2. The van der Waals surface area contributed by atoms with Crippen molar-refractivity contribution >= 4 is 49.9 Å². The third-order valence-corrected chi connectivity index (χ3v) is 4.97. The van der Waals surface area contributed by atoms with Crippen molar-refractivity contribution in [1.29, 1.82) is 0 Å². The minimum absolute atomic E-state index is 0.0226. The van der Waals surface area contributed by atoms with Crippen LogP contribution in [0, 0.1) is 0 Å². The SMILES string of the molecule is O=C1COc2ccc(-c3csc(NC(=O)c4cccc(Br)c4)n3)cc2N1. The van der Waals surface area contributed by atoms with Gasteiger partial charge in [0.2, 0.25) is 0 Å². The number of benzene rings is 2. The number of amides is 2. The number of thiazole rings is 1. The van der Waals surface area contributed by atoms with E-state index in [1.807, 2.05) is 17.5 Å². The molecule has 26 heavy (non-hydrogen) atoms. The standard InChI is InChI=1S/C18H12BrN3O3S/c19-12-3-1-2-11(6-12)17(24)22-18-21-14(9-26-18)10-4-5-15-13(7-10)20-16(23)8-25-15/h1-7,9H,8H2,(H,20,23)(H,21,22,24). The van der Waals surface area contributed by atoms with E-state index in [1.165, 1.54) is 11.3 Å². The molecule has 2 amide bonds. The van der Waals surface area contributed by atoms with Crippen molar-refractivity contribution in [2.75, 3.05) is 17.2 Å². The third-order valence-electron chi connectivity index (χ3n) is 3.72. The molecule has 3 aromatic rings. The van der Waals surface area contributed by atoms with Crippen LogP contribution in [0.15, 0.2) is 52.3 Å². The fourth-order valence-corrected chi connectivity index (χ4v) is 3.62. The van der Waals surface area contributed by atoms with Gasteiger partial charge in [0.1, 0.15) is 5.75 Å². The Kier molecular flexibility index (Phi) is 4.44. The maximum atomic E-state index is 12.3. The number of carbonyl (C=O) groups excluding carboxylic acids is 2. The zero-order valence-corrected chi connectivity index (χ0v) is 15.7. The van der Waals surface area contributed by atoms with Crippen molar-refractivity contribution in [1.82, 2.24) is 4.98 Å². The number of nitrogens with one attached hydrogen (secondary N) is 2. The van der Waals surface area contributed by atoms with Crippen molar-refractivity contribution in [3.8, 4) is 17.0 Å². The summed E-state index contributed by atoms with van der Waals surface area (Å²) in [6.07, 6.45) is 0. The second-order valence-corrected chi connectivity index (χ2v) is 7.32. The van der Waals surface area contributed by atoms with Gasteiger partial charge in [-0.2, -0.15) is 0 Å². The van der Waals surface area contributed by atoms with Crippen molar-refractivity contribution < 1.29 is 14.3 Å². The van der Waals surface area contributed by atoms with Crippen LogP contribution in [-0.2, 0) is 4.79 Å². The highest BCUT2D eigenvalue weighted by Crippen LogP contribution is 2.33. The van der Waals surface area contributed by atoms with E-state index in [1.54, 1.807) is 30.3 Å². The molecule has 0 atom stereocenters. The summed E-state index contributed by atoms with van der Waals surface area (Å²) in [6, 6.07) is 12.6. The smallest absolute Gasteiger partial charge is 0.262 e. The normalized spacial score (nSPS) is 12.7. The molecule has 130 valence electrons. The first-order chi connectivity index (χ1) is 12.6. The third kappa shape index (κ3) is 3.47. The molecule has 2 heterocycles. The highest BCUT2D eigenvalue weighted by Gasteiger charge is 2.17. The molecule has 8 heteroatoms. The number of carbonyl (C=O) groups is 2. The Hall–Kier alpha value is -2.71. The molecule has 2 N–H and O–H groups in total. The zero-order valence-electron chi connectivity index (χ0n) is 13.3. The number of hydrogen-bond acceptors (Lipinski definition) is 5. The van der Waals surface area contributed by atoms with Crippen LogP contribution in [0.5, 0.6) is 5.75 Å². The monoisotopic (exact) mass is 429 g/mol. The average molecular weight is 430 g/mol. The number of aromatic nitrogens is 1. The van der Waals surface area contributed by atoms with E-state index >= 15 is 0 Å². The first-order valence-electron chi connectivity index (χ1n) is 7.68. The summed E-state index contributed by atoms with van der Waals surface area (Å²) in [5.74, 6) is 0.222. The minimum Gasteiger partial charge on any atom is -0.482 e. The second kappa shape index (κ2) is 6.89. The summed E-state index contributed by atoms with van der Waals surface area (Å²) in [6.45, 7) is 0.0226. The predicted molar refractivity (Wildman–Crippen MR) is 104 cm³/mol. The van der Waals surface area contributed by atoms with E-state index in [0.29, 0.717) is 27.8 Å². The van der Waals surface area contributed by atoms with E-state index in [2.05, 4.69) is 31.5 Å². The van der Waals surface area contributed by atoms with Crippen LogP contribution in [0.4, 0.5) is 10.8 Å². The molecule has 0 bridgehead atoms. The molecule has 1 aliphatic rings. The molecule has 2 aromatic carbocycles. The summed E-state index contributed by atoms with van der Waals surface area (Å²) in [5.41, 5.74) is 2.70. The highest BCUT2D eigenvalue weighted by atomic mass is 79.9. The Morgan fingerprint density at radius 3 is 3.00 bits per heavy atom. The van der Waals surface area contributed by atoms with Gasteiger partial charge in [0.05, 0.1) is 11.4 Å². The average Bonchev–Trinajstić information content (AvgIpc) is 3.09. The predicted octanol–water partition coefficient (Wildman–Crippen LogP) is 4.16. The molecule has 0 spiro atoms. The van der Waals surface area contributed by atoms with Gasteiger partial charge in [-0.15, -0.1) is 11.3 Å². The molecule has 0 saturated carbocycles. The minimum atomic E-state index is -0.224. The molecule has 4 rings (SSSR count). The number of nitrogens with zero attached hydrogens (tertiary/aromatic N) is 1. The Labute approximate surface area is 161 Å². The molecule has 0 fully saturated rings. The Morgan fingerprint density at radius 2 is 2.15 bits per heavy atom. The summed E-state index contributed by atoms with van der Waals surface area (Å²) in [5, 5.41) is 7.93. The Morgan fingerprint density at radius 1 is 1.27 bits per heavy atom. The lowest BCUT2D eigenvalue weighted by molar-refractivity contribution is -0.118. The highest BCUT2D eigenvalue weighted by molar-refractivity contribution is 9.10. The maximum absolute atomic E-state index is 12.3. The van der Waals surface area contributed by atoms with Crippen LogP contribution in [-0.4, -0.2) is 23.4 Å². The zero-order chi connectivity index (χ0) is 18.1. The van der Waals surface area contributed by atoms with Gasteiger partial charge in [-0.05, 0) is 36.4 Å². The lowest BCUT2D eigenvalue weighted by Crippen LogP contribution is -2.25. The van der Waals surface area contributed by atoms with Gasteiger partial charge in [0.15, 0.2) is 11.7 Å². The quantitative estimate of drug-likeness (QED) is 0.654. The summed E-state index contributed by atoms with van der Waals surface area (Å²) in [7, 11) is 0. The molecular weight excluding hydrogens is 418 g/mol. The van der Waals surface area contributed by atoms with Crippen molar-refractivity contribution in [2.45, 2.75) is 0 Å². The van der Waals surface area contributed by atoms with Gasteiger partial charge < -0.3 is 10.1 Å². The fourth-order valence-electron chi connectivity index (χ4n) is 2.51. The topological polar surface area (TPSA) is 80.3 Å². The Bertz CT molecular complexity index is 1020.